The highest BCUT2D eigenvalue weighted by Crippen LogP contribution is 2.01. The maximum atomic E-state index is 11.4. The van der Waals surface area contributed by atoms with Crippen LogP contribution >= 0.6 is 0 Å². The Labute approximate surface area is 110 Å². The van der Waals surface area contributed by atoms with Crippen LogP contribution in [0.2, 0.25) is 0 Å². The summed E-state index contributed by atoms with van der Waals surface area (Å²) in [4.78, 5) is 27.1. The van der Waals surface area contributed by atoms with E-state index >= 15 is 0 Å². The summed E-state index contributed by atoms with van der Waals surface area (Å²) in [6, 6.07) is 10.4. The second-order valence-corrected chi connectivity index (χ2v) is 3.40. The van der Waals surface area contributed by atoms with Gasteiger partial charge in [-0.2, -0.15) is 5.26 Å². The molecule has 0 aromatic heterocycles. The number of esters is 1. The molecule has 1 aromatic rings. The van der Waals surface area contributed by atoms with E-state index in [9.17, 15) is 9.59 Å². The molecule has 0 saturated heterocycles. The molecule has 98 valence electrons. The maximum absolute atomic E-state index is 11.4. The third-order valence-corrected chi connectivity index (χ3v) is 2.00. The van der Waals surface area contributed by atoms with Crippen LogP contribution in [0.5, 0.6) is 0 Å². The molecule has 1 aromatic carbocycles. The second-order valence-electron chi connectivity index (χ2n) is 3.40. The predicted molar refractivity (Wildman–Crippen MR) is 65.9 cm³/mol. The Bertz CT molecular complexity index is 517. The van der Waals surface area contributed by atoms with Crippen LogP contribution in [0.3, 0.4) is 0 Å². The molecule has 6 nitrogen and oxygen atoms in total. The number of oxime groups is 1. The summed E-state index contributed by atoms with van der Waals surface area (Å²) >= 11 is 0. The molecule has 0 spiro atoms. The molecule has 0 amide bonds. The molecule has 0 aliphatic carbocycles. The van der Waals surface area contributed by atoms with Gasteiger partial charge in [-0.1, -0.05) is 35.5 Å². The molecule has 0 heterocycles. The van der Waals surface area contributed by atoms with Gasteiger partial charge in [-0.3, -0.25) is 0 Å². The average molecular weight is 260 g/mol. The van der Waals surface area contributed by atoms with Crippen molar-refractivity contribution >= 4 is 17.7 Å². The van der Waals surface area contributed by atoms with Crippen LogP contribution in [0.1, 0.15) is 12.5 Å². The molecule has 0 fully saturated rings. The number of benzene rings is 1. The summed E-state index contributed by atoms with van der Waals surface area (Å²) in [7, 11) is 0. The molecule has 0 unspecified atom stereocenters. The summed E-state index contributed by atoms with van der Waals surface area (Å²) < 4.78 is 4.56. The highest BCUT2D eigenvalue weighted by molar-refractivity contribution is 6.42. The molecule has 0 saturated carbocycles. The topological polar surface area (TPSA) is 88.8 Å². The molecule has 1 rings (SSSR count). The van der Waals surface area contributed by atoms with Crippen LogP contribution in [0, 0.1) is 11.3 Å². The van der Waals surface area contributed by atoms with E-state index < -0.39 is 17.7 Å². The van der Waals surface area contributed by atoms with Crippen molar-refractivity contribution < 1.29 is 19.2 Å². The van der Waals surface area contributed by atoms with Gasteiger partial charge in [0, 0.05) is 0 Å². The first-order chi connectivity index (χ1) is 9.17. The zero-order chi connectivity index (χ0) is 14.1. The highest BCUT2D eigenvalue weighted by Gasteiger charge is 2.14. The van der Waals surface area contributed by atoms with Crippen LogP contribution in [0.25, 0.3) is 0 Å². The Morgan fingerprint density at radius 2 is 2.00 bits per heavy atom. The number of carbonyl (C=O) groups is 2. The number of hydrogen-bond acceptors (Lipinski definition) is 6. The quantitative estimate of drug-likeness (QED) is 0.343. The lowest BCUT2D eigenvalue weighted by atomic mass is 10.2. The Morgan fingerprint density at radius 3 is 2.58 bits per heavy atom. The zero-order valence-corrected chi connectivity index (χ0v) is 10.3. The van der Waals surface area contributed by atoms with Crippen molar-refractivity contribution in [3.63, 3.8) is 0 Å². The lowest BCUT2D eigenvalue weighted by Crippen LogP contribution is -2.17. The maximum Gasteiger partial charge on any atom is 0.371 e. The number of carbonyl (C=O) groups excluding carboxylic acids is 2. The fourth-order valence-corrected chi connectivity index (χ4v) is 1.19. The van der Waals surface area contributed by atoms with E-state index in [4.69, 9.17) is 5.26 Å². The van der Waals surface area contributed by atoms with Crippen molar-refractivity contribution in [3.05, 3.63) is 35.9 Å². The summed E-state index contributed by atoms with van der Waals surface area (Å²) in [6.07, 6.45) is 0.00583. The lowest BCUT2D eigenvalue weighted by Gasteiger charge is -2.00. The van der Waals surface area contributed by atoms with Gasteiger partial charge in [0.25, 0.3) is 5.71 Å². The molecule has 6 heteroatoms. The Hall–Kier alpha value is -2.68. The van der Waals surface area contributed by atoms with Gasteiger partial charge in [0.2, 0.25) is 0 Å². The molecular weight excluding hydrogens is 248 g/mol. The minimum Gasteiger partial charge on any atom is -0.461 e. The first-order valence-corrected chi connectivity index (χ1v) is 5.56. The van der Waals surface area contributed by atoms with Crippen molar-refractivity contribution in [2.75, 3.05) is 6.61 Å². The number of ether oxygens (including phenoxy) is 1. The summed E-state index contributed by atoms with van der Waals surface area (Å²) in [5.74, 6) is -1.58. The molecule has 0 aliphatic rings. The summed E-state index contributed by atoms with van der Waals surface area (Å²) in [5, 5.41) is 11.8. The third kappa shape index (κ3) is 5.00. The normalized spacial score (nSPS) is 10.4. The van der Waals surface area contributed by atoms with Crippen molar-refractivity contribution in [1.82, 2.24) is 0 Å². The van der Waals surface area contributed by atoms with E-state index in [1.165, 1.54) is 6.07 Å². The van der Waals surface area contributed by atoms with E-state index in [2.05, 4.69) is 14.7 Å². The SMILES string of the molecule is CCOC(=O)/C(C#N)=N/OC(=O)Cc1ccccc1. The van der Waals surface area contributed by atoms with Crippen molar-refractivity contribution in [3.8, 4) is 6.07 Å². The lowest BCUT2D eigenvalue weighted by molar-refractivity contribution is -0.143. The van der Waals surface area contributed by atoms with Crippen LogP contribution in [-0.2, 0) is 25.6 Å². The van der Waals surface area contributed by atoms with E-state index in [0.29, 0.717) is 0 Å². The number of rotatable bonds is 5. The van der Waals surface area contributed by atoms with Crippen LogP contribution in [-0.4, -0.2) is 24.3 Å². The molecule has 0 N–H and O–H groups in total. The largest absolute Gasteiger partial charge is 0.461 e. The van der Waals surface area contributed by atoms with Gasteiger partial charge in [0.1, 0.15) is 6.07 Å². The second kappa shape index (κ2) is 7.61. The average Bonchev–Trinajstić information content (AvgIpc) is 2.41. The molecule has 19 heavy (non-hydrogen) atoms. The number of nitrogens with zero attached hydrogens (tertiary/aromatic N) is 2. The van der Waals surface area contributed by atoms with Gasteiger partial charge >= 0.3 is 11.9 Å². The molecular formula is C13H12N2O4. The van der Waals surface area contributed by atoms with E-state index in [-0.39, 0.29) is 13.0 Å². The van der Waals surface area contributed by atoms with Crippen LogP contribution < -0.4 is 0 Å². The number of hydrogen-bond donors (Lipinski definition) is 0. The molecule has 0 aliphatic heterocycles. The van der Waals surface area contributed by atoms with Gasteiger partial charge in [-0.05, 0) is 12.5 Å². The van der Waals surface area contributed by atoms with Crippen molar-refractivity contribution in [1.29, 1.82) is 5.26 Å². The molecule has 0 radical (unpaired) electrons. The minimum absolute atomic E-state index is 0.00583. The molecule has 0 atom stereocenters. The van der Waals surface area contributed by atoms with E-state index in [1.807, 2.05) is 6.07 Å². The highest BCUT2D eigenvalue weighted by atomic mass is 16.7. The fourth-order valence-electron chi connectivity index (χ4n) is 1.19. The standard InChI is InChI=1S/C13H12N2O4/c1-2-18-13(17)11(9-14)15-19-12(16)8-10-6-4-3-5-7-10/h3-7H,2,8H2,1H3/b15-11+. The monoisotopic (exact) mass is 260 g/mol. The first-order valence-electron chi connectivity index (χ1n) is 5.56. The van der Waals surface area contributed by atoms with Gasteiger partial charge < -0.3 is 9.57 Å². The van der Waals surface area contributed by atoms with E-state index in [0.717, 1.165) is 5.56 Å². The summed E-state index contributed by atoms with van der Waals surface area (Å²) in [6.45, 7) is 1.70. The van der Waals surface area contributed by atoms with E-state index in [1.54, 1.807) is 31.2 Å². The van der Waals surface area contributed by atoms with Crippen molar-refractivity contribution in [2.24, 2.45) is 5.16 Å². The van der Waals surface area contributed by atoms with Gasteiger partial charge in [-0.15, -0.1) is 0 Å². The molecule has 0 bridgehead atoms. The number of nitriles is 1. The van der Waals surface area contributed by atoms with Crippen molar-refractivity contribution in [2.45, 2.75) is 13.3 Å². The zero-order valence-electron chi connectivity index (χ0n) is 10.3. The Balaban J connectivity index is 2.57. The Kier molecular flexibility index (Phi) is 5.76. The van der Waals surface area contributed by atoms with Crippen LogP contribution in [0.15, 0.2) is 35.5 Å². The summed E-state index contributed by atoms with van der Waals surface area (Å²) in [5.41, 5.74) is 0.153. The van der Waals surface area contributed by atoms with Crippen LogP contribution in [0.4, 0.5) is 0 Å². The fraction of sp³-hybridized carbons (Fsp3) is 0.231. The smallest absolute Gasteiger partial charge is 0.371 e. The first kappa shape index (κ1) is 14.4. The Morgan fingerprint density at radius 1 is 1.32 bits per heavy atom. The van der Waals surface area contributed by atoms with Gasteiger partial charge in [0.15, 0.2) is 0 Å². The third-order valence-electron chi connectivity index (χ3n) is 2.00. The van der Waals surface area contributed by atoms with Gasteiger partial charge in [0.05, 0.1) is 13.0 Å². The van der Waals surface area contributed by atoms with Gasteiger partial charge in [-0.25, -0.2) is 9.59 Å². The predicted octanol–water partition coefficient (Wildman–Crippen LogP) is 1.21. The minimum atomic E-state index is -0.919.